The predicted octanol–water partition coefficient (Wildman–Crippen LogP) is 3.78. The summed E-state index contributed by atoms with van der Waals surface area (Å²) in [6.07, 6.45) is 0.272. The number of halogens is 1. The molecule has 0 saturated carbocycles. The molecule has 0 aliphatic heterocycles. The van der Waals surface area contributed by atoms with Crippen LogP contribution in [0, 0.1) is 0 Å². The summed E-state index contributed by atoms with van der Waals surface area (Å²) in [4.78, 5) is 12.4. The summed E-state index contributed by atoms with van der Waals surface area (Å²) < 4.78 is 10.3. The Morgan fingerprint density at radius 1 is 1.10 bits per heavy atom. The summed E-state index contributed by atoms with van der Waals surface area (Å²) in [5, 5.41) is 0.514. The van der Waals surface area contributed by atoms with E-state index >= 15 is 0 Å². The van der Waals surface area contributed by atoms with Crippen molar-refractivity contribution in [3.8, 4) is 11.5 Å². The molecule has 0 atom stereocenters. The maximum Gasteiger partial charge on any atom is 0.171 e. The molecule has 0 radical (unpaired) electrons. The largest absolute Gasteiger partial charge is 0.497 e. The Kier molecular flexibility index (Phi) is 4.64. The average molecular weight is 291 g/mol. The summed E-state index contributed by atoms with van der Waals surface area (Å²) in [5.74, 6) is 1.22. The number of ketones is 1. The first kappa shape index (κ1) is 14.4. The highest BCUT2D eigenvalue weighted by Crippen LogP contribution is 2.24. The first-order valence-electron chi connectivity index (χ1n) is 6.13. The molecule has 0 amide bonds. The third kappa shape index (κ3) is 3.31. The molecule has 0 fully saturated rings. The van der Waals surface area contributed by atoms with E-state index in [1.807, 2.05) is 24.3 Å². The van der Waals surface area contributed by atoms with Gasteiger partial charge in [-0.1, -0.05) is 23.7 Å². The quantitative estimate of drug-likeness (QED) is 0.786. The van der Waals surface area contributed by atoms with Crippen molar-refractivity contribution in [2.24, 2.45) is 0 Å². The Morgan fingerprint density at radius 3 is 2.60 bits per heavy atom. The molecule has 0 bridgehead atoms. The molecule has 0 spiro atoms. The van der Waals surface area contributed by atoms with Crippen molar-refractivity contribution < 1.29 is 14.3 Å². The van der Waals surface area contributed by atoms with Gasteiger partial charge < -0.3 is 9.47 Å². The number of rotatable bonds is 5. The normalized spacial score (nSPS) is 10.2. The number of ether oxygens (including phenoxy) is 2. The minimum absolute atomic E-state index is 0.0439. The fraction of sp³-hybridized carbons (Fsp3) is 0.188. The third-order valence-corrected chi connectivity index (χ3v) is 3.20. The van der Waals surface area contributed by atoms with Crippen molar-refractivity contribution in [1.82, 2.24) is 0 Å². The lowest BCUT2D eigenvalue weighted by Gasteiger charge is -2.09. The average Bonchev–Trinajstić information content (AvgIpc) is 2.47. The first-order chi connectivity index (χ1) is 9.63. The summed E-state index contributed by atoms with van der Waals surface area (Å²) in [7, 11) is 3.13. The van der Waals surface area contributed by atoms with Crippen LogP contribution in [-0.4, -0.2) is 20.0 Å². The van der Waals surface area contributed by atoms with E-state index in [-0.39, 0.29) is 12.2 Å². The number of methoxy groups -OCH3 is 2. The minimum Gasteiger partial charge on any atom is -0.497 e. The van der Waals surface area contributed by atoms with E-state index in [0.717, 1.165) is 11.3 Å². The highest BCUT2D eigenvalue weighted by Gasteiger charge is 2.13. The number of carbonyl (C=O) groups is 1. The van der Waals surface area contributed by atoms with Gasteiger partial charge in [0.2, 0.25) is 0 Å². The van der Waals surface area contributed by atoms with Gasteiger partial charge in [-0.05, 0) is 35.9 Å². The smallest absolute Gasteiger partial charge is 0.171 e. The van der Waals surface area contributed by atoms with Gasteiger partial charge in [-0.3, -0.25) is 4.79 Å². The molecule has 104 valence electrons. The van der Waals surface area contributed by atoms with Crippen molar-refractivity contribution in [1.29, 1.82) is 0 Å². The molecular weight excluding hydrogens is 276 g/mol. The molecule has 0 aromatic heterocycles. The van der Waals surface area contributed by atoms with Crippen LogP contribution in [0.3, 0.4) is 0 Å². The SMILES string of the molecule is COc1cccc(CC(=O)c2cc(Cl)ccc2OC)c1. The monoisotopic (exact) mass is 290 g/mol. The van der Waals surface area contributed by atoms with Crippen LogP contribution in [-0.2, 0) is 6.42 Å². The van der Waals surface area contributed by atoms with Crippen LogP contribution in [0.15, 0.2) is 42.5 Å². The number of hydrogen-bond donors (Lipinski definition) is 0. The molecule has 4 heteroatoms. The lowest BCUT2D eigenvalue weighted by Crippen LogP contribution is -2.06. The van der Waals surface area contributed by atoms with Gasteiger partial charge in [0.1, 0.15) is 11.5 Å². The van der Waals surface area contributed by atoms with Gasteiger partial charge in [-0.2, -0.15) is 0 Å². The highest BCUT2D eigenvalue weighted by atomic mass is 35.5. The molecule has 3 nitrogen and oxygen atoms in total. The summed E-state index contributed by atoms with van der Waals surface area (Å²) in [6, 6.07) is 12.4. The molecule has 0 aliphatic carbocycles. The molecule has 0 unspecified atom stereocenters. The standard InChI is InChI=1S/C16H15ClO3/c1-19-13-5-3-4-11(8-13)9-15(18)14-10-12(17)6-7-16(14)20-2/h3-8,10H,9H2,1-2H3. The van der Waals surface area contributed by atoms with E-state index < -0.39 is 0 Å². The number of hydrogen-bond acceptors (Lipinski definition) is 3. The minimum atomic E-state index is -0.0439. The molecule has 0 N–H and O–H groups in total. The first-order valence-corrected chi connectivity index (χ1v) is 6.51. The fourth-order valence-electron chi connectivity index (χ4n) is 1.96. The Morgan fingerprint density at radius 2 is 1.90 bits per heavy atom. The van der Waals surface area contributed by atoms with Crippen LogP contribution in [0.25, 0.3) is 0 Å². The van der Waals surface area contributed by atoms with Crippen molar-refractivity contribution in [2.45, 2.75) is 6.42 Å². The second-order valence-electron chi connectivity index (χ2n) is 4.30. The molecule has 0 aliphatic rings. The molecule has 2 rings (SSSR count). The Hall–Kier alpha value is -2.00. The van der Waals surface area contributed by atoms with Crippen LogP contribution >= 0.6 is 11.6 Å². The Labute approximate surface area is 123 Å². The summed E-state index contributed by atoms with van der Waals surface area (Å²) in [5.41, 5.74) is 1.37. The van der Waals surface area contributed by atoms with Gasteiger partial charge in [0.25, 0.3) is 0 Å². The lowest BCUT2D eigenvalue weighted by molar-refractivity contribution is 0.0990. The molecule has 0 heterocycles. The molecule has 20 heavy (non-hydrogen) atoms. The fourth-order valence-corrected chi connectivity index (χ4v) is 2.13. The van der Waals surface area contributed by atoms with Crippen LogP contribution in [0.5, 0.6) is 11.5 Å². The van der Waals surface area contributed by atoms with Gasteiger partial charge in [0.05, 0.1) is 19.8 Å². The van der Waals surface area contributed by atoms with Gasteiger partial charge in [0.15, 0.2) is 5.78 Å². The molecule has 2 aromatic rings. The summed E-state index contributed by atoms with van der Waals surface area (Å²) in [6.45, 7) is 0. The van der Waals surface area contributed by atoms with E-state index in [1.54, 1.807) is 25.3 Å². The molecular formula is C16H15ClO3. The van der Waals surface area contributed by atoms with E-state index in [2.05, 4.69) is 0 Å². The van der Waals surface area contributed by atoms with E-state index in [9.17, 15) is 4.79 Å². The van der Waals surface area contributed by atoms with Crippen LogP contribution in [0.2, 0.25) is 5.02 Å². The van der Waals surface area contributed by atoms with Gasteiger partial charge in [0, 0.05) is 11.4 Å². The van der Waals surface area contributed by atoms with E-state index in [1.165, 1.54) is 7.11 Å². The maximum absolute atomic E-state index is 12.4. The lowest BCUT2D eigenvalue weighted by atomic mass is 10.0. The second-order valence-corrected chi connectivity index (χ2v) is 4.73. The number of Topliss-reactive ketones (excluding diaryl/α,β-unsaturated/α-hetero) is 1. The Bertz CT molecular complexity index is 623. The summed E-state index contributed by atoms with van der Waals surface area (Å²) >= 11 is 5.94. The van der Waals surface area contributed by atoms with Crippen molar-refractivity contribution in [3.05, 3.63) is 58.6 Å². The second kappa shape index (κ2) is 6.44. The van der Waals surface area contributed by atoms with Crippen molar-refractivity contribution in [3.63, 3.8) is 0 Å². The zero-order valence-electron chi connectivity index (χ0n) is 11.4. The third-order valence-electron chi connectivity index (χ3n) is 2.96. The van der Waals surface area contributed by atoms with E-state index in [4.69, 9.17) is 21.1 Å². The van der Waals surface area contributed by atoms with Gasteiger partial charge in [-0.15, -0.1) is 0 Å². The molecule has 0 saturated heterocycles. The van der Waals surface area contributed by atoms with Crippen LogP contribution in [0.1, 0.15) is 15.9 Å². The van der Waals surface area contributed by atoms with Crippen molar-refractivity contribution >= 4 is 17.4 Å². The molecule has 2 aromatic carbocycles. The highest BCUT2D eigenvalue weighted by molar-refractivity contribution is 6.31. The van der Waals surface area contributed by atoms with E-state index in [0.29, 0.717) is 16.3 Å². The van der Waals surface area contributed by atoms with Gasteiger partial charge >= 0.3 is 0 Å². The van der Waals surface area contributed by atoms with Gasteiger partial charge in [-0.25, -0.2) is 0 Å². The van der Waals surface area contributed by atoms with Crippen LogP contribution in [0.4, 0.5) is 0 Å². The number of benzene rings is 2. The Balaban J connectivity index is 2.25. The zero-order chi connectivity index (χ0) is 14.5. The maximum atomic E-state index is 12.4. The number of carbonyl (C=O) groups excluding carboxylic acids is 1. The predicted molar refractivity (Wildman–Crippen MR) is 79.0 cm³/mol. The van der Waals surface area contributed by atoms with Crippen LogP contribution < -0.4 is 9.47 Å². The topological polar surface area (TPSA) is 35.5 Å². The zero-order valence-corrected chi connectivity index (χ0v) is 12.1. The van der Waals surface area contributed by atoms with Crippen molar-refractivity contribution in [2.75, 3.05) is 14.2 Å².